The van der Waals surface area contributed by atoms with Gasteiger partial charge >= 0.3 is 0 Å². The first-order chi connectivity index (χ1) is 26.7. The van der Waals surface area contributed by atoms with Gasteiger partial charge in [-0.25, -0.2) is 0 Å². The minimum atomic E-state index is -1.33. The summed E-state index contributed by atoms with van der Waals surface area (Å²) in [4.78, 5) is 7.38. The fourth-order valence-electron chi connectivity index (χ4n) is 8.59. The minimum absolute atomic E-state index is 0.0743. The largest absolute Gasteiger partial charge is 0.311 e. The van der Waals surface area contributed by atoms with E-state index in [1.54, 1.807) is 0 Å². The molecule has 2 aliphatic heterocycles. The van der Waals surface area contributed by atoms with Crippen molar-refractivity contribution in [3.8, 4) is 0 Å². The Morgan fingerprint density at radius 2 is 0.796 bits per heavy atom. The van der Waals surface area contributed by atoms with Crippen molar-refractivity contribution >= 4 is 93.5 Å². The maximum Gasteiger partial charge on any atom is 0.252 e. The van der Waals surface area contributed by atoms with Crippen LogP contribution in [0.25, 0.3) is 0 Å². The van der Waals surface area contributed by atoms with Crippen molar-refractivity contribution < 1.29 is 0 Å². The Labute approximate surface area is 319 Å². The number of nitrogens with zero attached hydrogens (tertiary/aromatic N) is 3. The second kappa shape index (κ2) is 13.4. The normalized spacial score (nSPS) is 13.1. The molecule has 0 N–H and O–H groups in total. The molecule has 54 heavy (non-hydrogen) atoms. The fourth-order valence-corrected chi connectivity index (χ4v) is 10.5. The van der Waals surface area contributed by atoms with Crippen LogP contribution in [-0.2, 0) is 0 Å². The molecule has 5 heteroatoms. The molecule has 1 atom stereocenters. The molecule has 2 heterocycles. The minimum Gasteiger partial charge on any atom is -0.311 e. The van der Waals surface area contributed by atoms with Crippen molar-refractivity contribution in [3.05, 3.63) is 206 Å². The summed E-state index contributed by atoms with van der Waals surface area (Å²) in [6.07, 6.45) is 0. The van der Waals surface area contributed by atoms with E-state index in [-0.39, 0.29) is 6.71 Å². The molecule has 0 spiro atoms. The molecule has 8 aromatic rings. The quantitative estimate of drug-likeness (QED) is 0.153. The van der Waals surface area contributed by atoms with Crippen molar-refractivity contribution in [2.75, 3.05) is 14.7 Å². The Kier molecular flexibility index (Phi) is 8.00. The molecule has 8 aromatic carbocycles. The summed E-state index contributed by atoms with van der Waals surface area (Å²) in [5.41, 5.74) is 14.4. The highest BCUT2D eigenvalue weighted by Gasteiger charge is 2.43. The number of anilines is 9. The average Bonchev–Trinajstić information content (AvgIpc) is 3.25. The van der Waals surface area contributed by atoms with Crippen LogP contribution in [0, 0.1) is 0 Å². The van der Waals surface area contributed by atoms with Crippen LogP contribution in [-0.4, -0.2) is 15.5 Å². The summed E-state index contributed by atoms with van der Waals surface area (Å²) in [7, 11) is -1.33. The molecule has 1 unspecified atom stereocenters. The number of hydrogen-bond acceptors (Lipinski definition) is 3. The zero-order valence-corrected chi connectivity index (χ0v) is 31.3. The lowest BCUT2D eigenvalue weighted by atomic mass is 9.33. The predicted octanol–water partition coefficient (Wildman–Crippen LogP) is 9.21. The van der Waals surface area contributed by atoms with Crippen molar-refractivity contribution in [1.29, 1.82) is 0 Å². The van der Waals surface area contributed by atoms with Crippen LogP contribution in [0.15, 0.2) is 206 Å². The molecule has 0 fully saturated rings. The lowest BCUT2D eigenvalue weighted by molar-refractivity contribution is 1.23. The van der Waals surface area contributed by atoms with Gasteiger partial charge in [-0.1, -0.05) is 150 Å². The van der Waals surface area contributed by atoms with Crippen LogP contribution >= 0.6 is 0 Å². The van der Waals surface area contributed by atoms with E-state index in [0.717, 1.165) is 28.4 Å². The number of fused-ring (bicyclic) bond motifs is 4. The molecule has 0 bridgehead atoms. The van der Waals surface area contributed by atoms with Crippen LogP contribution in [0.3, 0.4) is 0 Å². The van der Waals surface area contributed by atoms with Crippen molar-refractivity contribution in [2.24, 2.45) is 0 Å². The van der Waals surface area contributed by atoms with E-state index in [9.17, 15) is 0 Å². The summed E-state index contributed by atoms with van der Waals surface area (Å²) in [5.74, 6) is 0. The highest BCUT2D eigenvalue weighted by atomic mass is 28.3. The van der Waals surface area contributed by atoms with E-state index in [1.807, 2.05) is 0 Å². The van der Waals surface area contributed by atoms with Gasteiger partial charge in [-0.15, -0.1) is 0 Å². The van der Waals surface area contributed by atoms with Gasteiger partial charge in [0, 0.05) is 45.5 Å². The lowest BCUT2D eigenvalue weighted by Crippen LogP contribution is -2.61. The van der Waals surface area contributed by atoms with Crippen LogP contribution in [0.5, 0.6) is 0 Å². The van der Waals surface area contributed by atoms with E-state index >= 15 is 0 Å². The van der Waals surface area contributed by atoms with Crippen molar-refractivity contribution in [1.82, 2.24) is 0 Å². The van der Waals surface area contributed by atoms with Gasteiger partial charge in [0.05, 0.1) is 14.5 Å². The Bertz CT molecular complexity index is 2470. The Balaban J connectivity index is 1.24. The molecule has 0 amide bonds. The molecule has 0 saturated carbocycles. The standard InChI is InChI=1S/C49H38BN3Si/c1-54(41-24-12-5-13-25-41)42-32-30-39(31-33-42)51(36-18-6-2-7-19-36)40-34-47-49-48(35-40)53(38-22-10-4-11-23-38)46-29-17-15-27-44(46)50(49)43-26-14-16-28-45(43)52(47)37-20-8-3-9-21-37/h2-35,54H,1H3. The van der Waals surface area contributed by atoms with Crippen LogP contribution in [0.2, 0.25) is 6.55 Å². The maximum absolute atomic E-state index is 2.48. The third-order valence-corrected chi connectivity index (χ3v) is 13.9. The topological polar surface area (TPSA) is 9.72 Å². The molecule has 0 aliphatic carbocycles. The van der Waals surface area contributed by atoms with Crippen molar-refractivity contribution in [2.45, 2.75) is 6.55 Å². The summed E-state index contributed by atoms with van der Waals surface area (Å²) in [6, 6.07) is 75.6. The number of rotatable bonds is 7. The molecule has 10 rings (SSSR count). The number of benzene rings is 8. The third-order valence-electron chi connectivity index (χ3n) is 11.1. The Morgan fingerprint density at radius 1 is 0.389 bits per heavy atom. The molecular weight excluding hydrogens is 669 g/mol. The SMILES string of the molecule is C[SiH](c1ccccc1)c1ccc(N(c2ccccc2)c2cc3c4c(c2)N(c2ccccc2)c2ccccc2B4c2ccccc2N3c2ccccc2)cc1. The first kappa shape index (κ1) is 32.1. The summed E-state index contributed by atoms with van der Waals surface area (Å²) >= 11 is 0. The fraction of sp³-hybridized carbons (Fsp3) is 0.0204. The number of hydrogen-bond donors (Lipinski definition) is 0. The molecular formula is C49H38BN3Si. The average molecular weight is 708 g/mol. The second-order valence-electron chi connectivity index (χ2n) is 14.2. The first-order valence-electron chi connectivity index (χ1n) is 18.8. The maximum atomic E-state index is 2.48. The summed E-state index contributed by atoms with van der Waals surface area (Å²) in [5, 5.41) is 2.89. The van der Waals surface area contributed by atoms with Gasteiger partial charge in [-0.05, 0) is 89.2 Å². The predicted molar refractivity (Wildman–Crippen MR) is 234 cm³/mol. The van der Waals surface area contributed by atoms with Gasteiger partial charge in [0.15, 0.2) is 0 Å². The molecule has 256 valence electrons. The molecule has 0 aromatic heterocycles. The van der Waals surface area contributed by atoms with Gasteiger partial charge in [-0.3, -0.25) is 0 Å². The monoisotopic (exact) mass is 707 g/mol. The zero-order valence-electron chi connectivity index (χ0n) is 30.1. The van der Waals surface area contributed by atoms with Crippen LogP contribution < -0.4 is 41.5 Å². The molecule has 2 aliphatic rings. The summed E-state index contributed by atoms with van der Waals surface area (Å²) < 4.78 is 0. The van der Waals surface area contributed by atoms with Gasteiger partial charge < -0.3 is 14.7 Å². The second-order valence-corrected chi connectivity index (χ2v) is 17.0. The van der Waals surface area contributed by atoms with E-state index in [2.05, 4.69) is 228 Å². The zero-order chi connectivity index (χ0) is 36.0. The Hall–Kier alpha value is -6.56. The van der Waals surface area contributed by atoms with E-state index < -0.39 is 8.80 Å². The van der Waals surface area contributed by atoms with Crippen LogP contribution in [0.1, 0.15) is 0 Å². The molecule has 0 radical (unpaired) electrons. The highest BCUT2D eigenvalue weighted by Crippen LogP contribution is 2.47. The first-order valence-corrected chi connectivity index (χ1v) is 21.1. The Morgan fingerprint density at radius 3 is 1.31 bits per heavy atom. The van der Waals surface area contributed by atoms with Gasteiger partial charge in [0.2, 0.25) is 0 Å². The molecule has 3 nitrogen and oxygen atoms in total. The van der Waals surface area contributed by atoms with Gasteiger partial charge in [0.1, 0.15) is 0 Å². The van der Waals surface area contributed by atoms with Crippen LogP contribution in [0.4, 0.5) is 51.2 Å². The third kappa shape index (κ3) is 5.36. The van der Waals surface area contributed by atoms with E-state index in [1.165, 1.54) is 49.5 Å². The highest BCUT2D eigenvalue weighted by molar-refractivity contribution is 7.00. The van der Waals surface area contributed by atoms with Crippen molar-refractivity contribution in [3.63, 3.8) is 0 Å². The molecule has 0 saturated heterocycles. The van der Waals surface area contributed by atoms with E-state index in [0.29, 0.717) is 0 Å². The van der Waals surface area contributed by atoms with E-state index in [4.69, 9.17) is 0 Å². The number of para-hydroxylation sites is 5. The summed E-state index contributed by atoms with van der Waals surface area (Å²) in [6.45, 7) is 2.50. The lowest BCUT2D eigenvalue weighted by Gasteiger charge is -2.45. The van der Waals surface area contributed by atoms with Gasteiger partial charge in [0.25, 0.3) is 6.71 Å². The smallest absolute Gasteiger partial charge is 0.252 e. The van der Waals surface area contributed by atoms with Gasteiger partial charge in [-0.2, -0.15) is 0 Å².